The molecular formula is C15H19Cl2N3O. The van der Waals surface area contributed by atoms with Gasteiger partial charge >= 0.3 is 0 Å². The number of fused-ring (bicyclic) bond motifs is 1. The Morgan fingerprint density at radius 2 is 2.10 bits per heavy atom. The summed E-state index contributed by atoms with van der Waals surface area (Å²) in [7, 11) is 0. The highest BCUT2D eigenvalue weighted by atomic mass is 35.5. The van der Waals surface area contributed by atoms with Crippen LogP contribution in [0, 0.1) is 6.92 Å². The summed E-state index contributed by atoms with van der Waals surface area (Å²) in [5.41, 5.74) is 2.25. The highest BCUT2D eigenvalue weighted by molar-refractivity contribution is 6.40. The van der Waals surface area contributed by atoms with Crippen molar-refractivity contribution in [3.05, 3.63) is 30.0 Å². The molecule has 21 heavy (non-hydrogen) atoms. The number of hydrogen-bond donors (Lipinski definition) is 2. The Labute approximate surface area is 134 Å². The van der Waals surface area contributed by atoms with Gasteiger partial charge in [-0.15, -0.1) is 23.2 Å². The number of aromatic nitrogens is 1. The molecule has 1 aromatic carbocycles. The summed E-state index contributed by atoms with van der Waals surface area (Å²) in [4.78, 5) is 7.61. The summed E-state index contributed by atoms with van der Waals surface area (Å²) in [5.74, 6) is 1.89. The maximum Gasteiger partial charge on any atom is 0.152 e. The Morgan fingerprint density at radius 3 is 2.76 bits per heavy atom. The molecule has 1 unspecified atom stereocenters. The molecule has 1 aliphatic rings. The number of halogens is 2. The lowest BCUT2D eigenvalue weighted by atomic mass is 10.1. The van der Waals surface area contributed by atoms with E-state index in [1.807, 2.05) is 19.2 Å². The molecular weight excluding hydrogens is 309 g/mol. The van der Waals surface area contributed by atoms with E-state index >= 15 is 0 Å². The van der Waals surface area contributed by atoms with E-state index in [0.717, 1.165) is 41.1 Å². The molecule has 2 aromatic rings. The standard InChI is InChI=1S/C14H17N3O.CH2Cl2/c1-9-3-4-12-11(5-6-15-12)13(9)18-10(2)14-16-7-8-17-14;2-1-3/h3-6,10,15H,7-8H2,1-2H3,(H,16,17);1H2. The number of benzene rings is 1. The first kappa shape index (κ1) is 16.0. The third kappa shape index (κ3) is 3.83. The number of rotatable bonds is 3. The smallest absolute Gasteiger partial charge is 0.152 e. The number of nitrogens with one attached hydrogen (secondary N) is 2. The van der Waals surface area contributed by atoms with Crippen molar-refractivity contribution < 1.29 is 4.74 Å². The van der Waals surface area contributed by atoms with E-state index in [2.05, 4.69) is 34.3 Å². The molecule has 0 aliphatic carbocycles. The van der Waals surface area contributed by atoms with Crippen LogP contribution in [0.3, 0.4) is 0 Å². The predicted octanol–water partition coefficient (Wildman–Crippen LogP) is 3.67. The number of ether oxygens (including phenoxy) is 1. The molecule has 0 saturated heterocycles. The largest absolute Gasteiger partial charge is 0.482 e. The zero-order valence-electron chi connectivity index (χ0n) is 12.1. The van der Waals surface area contributed by atoms with Gasteiger partial charge in [0.2, 0.25) is 0 Å². The van der Waals surface area contributed by atoms with Crippen molar-refractivity contribution in [1.82, 2.24) is 10.3 Å². The predicted molar refractivity (Wildman–Crippen MR) is 90.0 cm³/mol. The molecule has 4 nitrogen and oxygen atoms in total. The molecule has 2 heterocycles. The van der Waals surface area contributed by atoms with Gasteiger partial charge in [-0.25, -0.2) is 0 Å². The van der Waals surface area contributed by atoms with E-state index in [1.165, 1.54) is 0 Å². The second-order valence-corrected chi connectivity index (χ2v) is 5.51. The quantitative estimate of drug-likeness (QED) is 0.845. The maximum absolute atomic E-state index is 6.09. The second kappa shape index (κ2) is 7.57. The van der Waals surface area contributed by atoms with Crippen LogP contribution >= 0.6 is 23.2 Å². The average Bonchev–Trinajstić information content (AvgIpc) is 3.13. The summed E-state index contributed by atoms with van der Waals surface area (Å²) < 4.78 is 6.09. The van der Waals surface area contributed by atoms with Gasteiger partial charge in [0, 0.05) is 23.6 Å². The van der Waals surface area contributed by atoms with Crippen molar-refractivity contribution in [3.8, 4) is 5.75 Å². The first-order valence-corrected chi connectivity index (χ1v) is 7.87. The van der Waals surface area contributed by atoms with E-state index in [-0.39, 0.29) is 11.4 Å². The number of H-pyrrole nitrogens is 1. The summed E-state index contributed by atoms with van der Waals surface area (Å²) in [6.45, 7) is 5.85. The van der Waals surface area contributed by atoms with Crippen LogP contribution in [0.4, 0.5) is 0 Å². The summed E-state index contributed by atoms with van der Waals surface area (Å²) >= 11 is 9.53. The van der Waals surface area contributed by atoms with Crippen molar-refractivity contribution in [2.75, 3.05) is 18.4 Å². The van der Waals surface area contributed by atoms with E-state index < -0.39 is 0 Å². The van der Waals surface area contributed by atoms with Crippen LogP contribution in [0.5, 0.6) is 5.75 Å². The Balaban J connectivity index is 0.000000497. The molecule has 3 rings (SSSR count). The molecule has 0 fully saturated rings. The fraction of sp³-hybridized carbons (Fsp3) is 0.400. The van der Waals surface area contributed by atoms with Crippen molar-refractivity contribution >= 4 is 39.9 Å². The fourth-order valence-electron chi connectivity index (χ4n) is 2.29. The van der Waals surface area contributed by atoms with Gasteiger partial charge in [-0.05, 0) is 31.5 Å². The highest BCUT2D eigenvalue weighted by Crippen LogP contribution is 2.29. The monoisotopic (exact) mass is 327 g/mol. The highest BCUT2D eigenvalue weighted by Gasteiger charge is 2.17. The summed E-state index contributed by atoms with van der Waals surface area (Å²) in [5, 5.41) is 4.58. The summed E-state index contributed by atoms with van der Waals surface area (Å²) in [6.07, 6.45) is 1.90. The minimum Gasteiger partial charge on any atom is -0.482 e. The Morgan fingerprint density at radius 1 is 1.33 bits per heavy atom. The van der Waals surface area contributed by atoms with Crippen molar-refractivity contribution in [2.45, 2.75) is 20.0 Å². The lowest BCUT2D eigenvalue weighted by Gasteiger charge is -2.17. The van der Waals surface area contributed by atoms with Crippen molar-refractivity contribution in [1.29, 1.82) is 0 Å². The summed E-state index contributed by atoms with van der Waals surface area (Å²) in [6, 6.07) is 6.20. The van der Waals surface area contributed by atoms with Gasteiger partial charge in [0.1, 0.15) is 11.6 Å². The first-order chi connectivity index (χ1) is 10.2. The molecule has 0 bridgehead atoms. The number of amidine groups is 1. The number of aliphatic imine (C=N–C) groups is 1. The minimum atomic E-state index is -0.0355. The fourth-order valence-corrected chi connectivity index (χ4v) is 2.29. The van der Waals surface area contributed by atoms with Crippen LogP contribution in [-0.4, -0.2) is 35.4 Å². The number of aryl methyl sites for hydroxylation is 1. The average molecular weight is 328 g/mol. The van der Waals surface area contributed by atoms with Gasteiger partial charge in [0.15, 0.2) is 6.10 Å². The number of alkyl halides is 2. The maximum atomic E-state index is 6.09. The Kier molecular flexibility index (Phi) is 5.76. The van der Waals surface area contributed by atoms with Gasteiger partial charge in [-0.2, -0.15) is 0 Å². The molecule has 0 spiro atoms. The van der Waals surface area contributed by atoms with E-state index in [4.69, 9.17) is 27.9 Å². The lowest BCUT2D eigenvalue weighted by Crippen LogP contribution is -2.33. The molecule has 114 valence electrons. The van der Waals surface area contributed by atoms with Gasteiger partial charge in [-0.1, -0.05) is 6.07 Å². The lowest BCUT2D eigenvalue weighted by molar-refractivity contribution is 0.285. The van der Waals surface area contributed by atoms with Crippen LogP contribution < -0.4 is 10.1 Å². The normalized spacial score (nSPS) is 15.0. The van der Waals surface area contributed by atoms with Crippen LogP contribution in [-0.2, 0) is 0 Å². The molecule has 2 N–H and O–H groups in total. The topological polar surface area (TPSA) is 49.4 Å². The van der Waals surface area contributed by atoms with Crippen LogP contribution in [0.15, 0.2) is 29.4 Å². The van der Waals surface area contributed by atoms with Crippen LogP contribution in [0.1, 0.15) is 12.5 Å². The van der Waals surface area contributed by atoms with E-state index in [0.29, 0.717) is 0 Å². The van der Waals surface area contributed by atoms with E-state index in [9.17, 15) is 0 Å². The molecule has 1 atom stereocenters. The SMILES string of the molecule is Cc1ccc2[nH]ccc2c1OC(C)C1=NCCN1.ClCCl. The van der Waals surface area contributed by atoms with Crippen molar-refractivity contribution in [2.24, 2.45) is 4.99 Å². The van der Waals surface area contributed by atoms with Crippen LogP contribution in [0.2, 0.25) is 0 Å². The molecule has 1 aliphatic heterocycles. The van der Waals surface area contributed by atoms with Gasteiger partial charge < -0.3 is 15.0 Å². The zero-order chi connectivity index (χ0) is 15.2. The van der Waals surface area contributed by atoms with Gasteiger partial charge in [0.25, 0.3) is 0 Å². The number of nitrogens with zero attached hydrogens (tertiary/aromatic N) is 1. The zero-order valence-corrected chi connectivity index (χ0v) is 13.6. The number of hydrogen-bond acceptors (Lipinski definition) is 3. The van der Waals surface area contributed by atoms with E-state index in [1.54, 1.807) is 0 Å². The van der Waals surface area contributed by atoms with Crippen molar-refractivity contribution in [3.63, 3.8) is 0 Å². The molecule has 0 amide bonds. The molecule has 1 aromatic heterocycles. The van der Waals surface area contributed by atoms with Crippen LogP contribution in [0.25, 0.3) is 10.9 Å². The second-order valence-electron chi connectivity index (χ2n) is 4.71. The third-order valence-corrected chi connectivity index (χ3v) is 3.26. The third-order valence-electron chi connectivity index (χ3n) is 3.26. The van der Waals surface area contributed by atoms with Gasteiger partial charge in [0.05, 0.1) is 11.9 Å². The minimum absolute atomic E-state index is 0.0355. The number of aromatic amines is 1. The molecule has 0 radical (unpaired) electrons. The first-order valence-electron chi connectivity index (χ1n) is 6.81. The van der Waals surface area contributed by atoms with Gasteiger partial charge in [-0.3, -0.25) is 4.99 Å². The molecule has 0 saturated carbocycles. The Hall–Kier alpha value is -1.39. The Bertz CT molecular complexity index is 624. The molecule has 6 heteroatoms.